The van der Waals surface area contributed by atoms with Gasteiger partial charge in [-0.3, -0.25) is 0 Å². The van der Waals surface area contributed by atoms with E-state index >= 15 is 0 Å². The predicted molar refractivity (Wildman–Crippen MR) is 97.2 cm³/mol. The van der Waals surface area contributed by atoms with Crippen LogP contribution in [0.1, 0.15) is 47.0 Å². The second-order valence-corrected chi connectivity index (χ2v) is 11.3. The Hall–Kier alpha value is -0.880. The average molecular weight is 456 g/mol. The van der Waals surface area contributed by atoms with E-state index in [1.165, 1.54) is 6.08 Å². The third-order valence-corrected chi connectivity index (χ3v) is 7.14. The molecule has 30 heavy (non-hydrogen) atoms. The number of hydrogen-bond acceptors (Lipinski definition) is 7. The van der Waals surface area contributed by atoms with Crippen molar-refractivity contribution < 1.29 is 44.7 Å². The van der Waals surface area contributed by atoms with Crippen LogP contribution in [-0.4, -0.2) is 50.9 Å². The van der Waals surface area contributed by atoms with Gasteiger partial charge in [0.15, 0.2) is 11.6 Å². The molecule has 0 radical (unpaired) electrons. The van der Waals surface area contributed by atoms with E-state index in [-0.39, 0.29) is 30.1 Å². The van der Waals surface area contributed by atoms with Crippen molar-refractivity contribution in [2.75, 3.05) is 13.2 Å². The number of ether oxygens (including phenoxy) is 4. The van der Waals surface area contributed by atoms with Gasteiger partial charge in [0, 0.05) is 23.7 Å². The maximum absolute atomic E-state index is 12.9. The molecule has 0 amide bonds. The summed E-state index contributed by atoms with van der Waals surface area (Å²) in [6, 6.07) is 0. The molecule has 11 heteroatoms. The molecule has 0 unspecified atom stereocenters. The summed E-state index contributed by atoms with van der Waals surface area (Å²) in [4.78, 5) is 0. The summed E-state index contributed by atoms with van der Waals surface area (Å²) in [7, 11) is -5.78. The van der Waals surface area contributed by atoms with Gasteiger partial charge in [-0.15, -0.1) is 0 Å². The number of allylic oxidation sites excluding steroid dienone is 1. The Bertz CT molecular complexity index is 824. The molecule has 2 aliphatic heterocycles. The Labute approximate surface area is 173 Å². The second-order valence-electron chi connectivity index (χ2n) is 9.74. The summed E-state index contributed by atoms with van der Waals surface area (Å²) in [6.45, 7) is 8.35. The lowest BCUT2D eigenvalue weighted by molar-refractivity contribution is -0.335. The molecule has 0 bridgehead atoms. The SMILES string of the molecule is CC1(C)COC2(CC=C(OS(=O)(=O)C(F)(F)F)[C@H]3C[C@H]4OC(C)(C)O[C@H]4C[C@@H]32)OC1. The van der Waals surface area contributed by atoms with E-state index in [4.69, 9.17) is 18.9 Å². The summed E-state index contributed by atoms with van der Waals surface area (Å²) in [6.07, 6.45) is 1.40. The molecule has 0 aromatic carbocycles. The fraction of sp³-hybridized carbons (Fsp3) is 0.895. The lowest BCUT2D eigenvalue weighted by atomic mass is 9.67. The van der Waals surface area contributed by atoms with Gasteiger partial charge in [-0.1, -0.05) is 13.8 Å². The van der Waals surface area contributed by atoms with Crippen LogP contribution >= 0.6 is 0 Å². The van der Waals surface area contributed by atoms with Crippen LogP contribution in [0.4, 0.5) is 13.2 Å². The molecular formula is C19H27F3O7S. The molecule has 1 spiro atoms. The van der Waals surface area contributed by atoms with Crippen molar-refractivity contribution in [3.05, 3.63) is 11.8 Å². The van der Waals surface area contributed by atoms with E-state index in [2.05, 4.69) is 4.18 Å². The third kappa shape index (κ3) is 3.87. The zero-order valence-corrected chi connectivity index (χ0v) is 18.1. The van der Waals surface area contributed by atoms with Crippen molar-refractivity contribution in [2.45, 2.75) is 76.2 Å². The van der Waals surface area contributed by atoms with Gasteiger partial charge < -0.3 is 23.1 Å². The molecule has 3 fully saturated rings. The smallest absolute Gasteiger partial charge is 0.381 e. The molecule has 1 saturated carbocycles. The number of halogens is 3. The topological polar surface area (TPSA) is 80.3 Å². The Morgan fingerprint density at radius 1 is 1.03 bits per heavy atom. The van der Waals surface area contributed by atoms with Gasteiger partial charge in [-0.05, 0) is 32.8 Å². The van der Waals surface area contributed by atoms with Crippen molar-refractivity contribution in [3.8, 4) is 0 Å². The zero-order chi connectivity index (χ0) is 22.2. The van der Waals surface area contributed by atoms with E-state index in [1.807, 2.05) is 13.8 Å². The highest BCUT2D eigenvalue weighted by Crippen LogP contribution is 2.54. The number of rotatable bonds is 2. The van der Waals surface area contributed by atoms with Crippen molar-refractivity contribution in [2.24, 2.45) is 17.3 Å². The molecule has 2 aliphatic carbocycles. The quantitative estimate of drug-likeness (QED) is 0.465. The maximum atomic E-state index is 12.9. The standard InChI is InChI=1S/C19H27F3O7S/c1-16(2)9-25-18(26-10-16)6-5-13(29-30(23,24)19(20,21)22)11-7-14-15(8-12(11)18)28-17(3,4)27-14/h5,11-12,14-15H,6-10H2,1-4H3/t11-,12-,14+,15-/m0/s1. The van der Waals surface area contributed by atoms with Crippen molar-refractivity contribution in [3.63, 3.8) is 0 Å². The van der Waals surface area contributed by atoms with Crippen LogP contribution < -0.4 is 0 Å². The van der Waals surface area contributed by atoms with Gasteiger partial charge in [-0.25, -0.2) is 0 Å². The van der Waals surface area contributed by atoms with Crippen LogP contribution in [0.25, 0.3) is 0 Å². The summed E-state index contributed by atoms with van der Waals surface area (Å²) in [5.41, 5.74) is -5.71. The van der Waals surface area contributed by atoms with Crippen LogP contribution in [-0.2, 0) is 33.2 Å². The summed E-state index contributed by atoms with van der Waals surface area (Å²) < 4.78 is 90.9. The molecule has 4 rings (SSSR count). The Balaban J connectivity index is 1.66. The Morgan fingerprint density at radius 3 is 2.17 bits per heavy atom. The number of hydrogen-bond donors (Lipinski definition) is 0. The Morgan fingerprint density at radius 2 is 1.60 bits per heavy atom. The fourth-order valence-electron chi connectivity index (χ4n) is 4.80. The normalized spacial score (nSPS) is 37.2. The molecule has 0 aromatic rings. The molecule has 172 valence electrons. The first-order valence-corrected chi connectivity index (χ1v) is 11.4. The molecule has 2 saturated heterocycles. The molecule has 2 heterocycles. The van der Waals surface area contributed by atoms with Gasteiger partial charge in [0.05, 0.1) is 25.4 Å². The predicted octanol–water partition coefficient (Wildman–Crippen LogP) is 3.46. The first kappa shape index (κ1) is 22.3. The first-order chi connectivity index (χ1) is 13.6. The minimum atomic E-state index is -5.78. The third-order valence-electron chi connectivity index (χ3n) is 6.17. The molecule has 4 aliphatic rings. The lowest BCUT2D eigenvalue weighted by Crippen LogP contribution is -2.58. The van der Waals surface area contributed by atoms with Gasteiger partial charge in [0.25, 0.3) is 0 Å². The number of fused-ring (bicyclic) bond motifs is 3. The summed E-state index contributed by atoms with van der Waals surface area (Å²) in [5, 5.41) is 0. The minimum Gasteiger partial charge on any atom is -0.381 e. The minimum absolute atomic E-state index is 0.0919. The monoisotopic (exact) mass is 456 g/mol. The van der Waals surface area contributed by atoms with Crippen molar-refractivity contribution in [1.29, 1.82) is 0 Å². The van der Waals surface area contributed by atoms with Gasteiger partial charge in [0.1, 0.15) is 5.76 Å². The molecular weight excluding hydrogens is 429 g/mol. The molecule has 7 nitrogen and oxygen atoms in total. The van der Waals surface area contributed by atoms with E-state index < -0.39 is 45.1 Å². The van der Waals surface area contributed by atoms with Gasteiger partial charge >= 0.3 is 15.6 Å². The van der Waals surface area contributed by atoms with Gasteiger partial charge in [0.2, 0.25) is 0 Å². The highest BCUT2D eigenvalue weighted by Gasteiger charge is 2.60. The number of alkyl halides is 3. The maximum Gasteiger partial charge on any atom is 0.534 e. The van der Waals surface area contributed by atoms with Crippen molar-refractivity contribution >= 4 is 10.1 Å². The van der Waals surface area contributed by atoms with Gasteiger partial charge in [-0.2, -0.15) is 21.6 Å². The highest BCUT2D eigenvalue weighted by atomic mass is 32.2. The summed E-state index contributed by atoms with van der Waals surface area (Å²) >= 11 is 0. The van der Waals surface area contributed by atoms with Crippen molar-refractivity contribution in [1.82, 2.24) is 0 Å². The highest BCUT2D eigenvalue weighted by molar-refractivity contribution is 7.87. The van der Waals surface area contributed by atoms with E-state index in [0.717, 1.165) is 0 Å². The molecule has 0 N–H and O–H groups in total. The molecule has 0 aromatic heterocycles. The first-order valence-electron chi connectivity index (χ1n) is 9.98. The largest absolute Gasteiger partial charge is 0.534 e. The fourth-order valence-corrected chi connectivity index (χ4v) is 5.34. The second kappa shape index (κ2) is 6.81. The van der Waals surface area contributed by atoms with Crippen LogP contribution in [0.2, 0.25) is 0 Å². The van der Waals surface area contributed by atoms with E-state index in [0.29, 0.717) is 19.6 Å². The van der Waals surface area contributed by atoms with Crippen LogP contribution in [0.5, 0.6) is 0 Å². The zero-order valence-electron chi connectivity index (χ0n) is 17.3. The molecule has 4 atom stereocenters. The summed E-state index contributed by atoms with van der Waals surface area (Å²) in [5.74, 6) is -3.23. The lowest BCUT2D eigenvalue weighted by Gasteiger charge is -2.53. The van der Waals surface area contributed by atoms with Crippen LogP contribution in [0.3, 0.4) is 0 Å². The Kier molecular flexibility index (Phi) is 5.06. The average Bonchev–Trinajstić information content (AvgIpc) is 2.90. The van der Waals surface area contributed by atoms with Crippen LogP contribution in [0, 0.1) is 17.3 Å². The van der Waals surface area contributed by atoms with E-state index in [1.54, 1.807) is 13.8 Å². The van der Waals surface area contributed by atoms with E-state index in [9.17, 15) is 21.6 Å². The van der Waals surface area contributed by atoms with Crippen LogP contribution in [0.15, 0.2) is 11.8 Å².